The van der Waals surface area contributed by atoms with E-state index < -0.39 is 0 Å². The van der Waals surface area contributed by atoms with E-state index in [1.165, 1.54) is 11.8 Å². The SMILES string of the molecule is CCOc1ccccc1-c1nnc(SCc2nc(-c3ccc(Cl)cc3)no2)o1. The monoisotopic (exact) mass is 414 g/mol. The molecule has 0 saturated carbocycles. The Bertz CT molecular complexity index is 1060. The lowest BCUT2D eigenvalue weighted by Gasteiger charge is -2.05. The Hall–Kier alpha value is -2.84. The van der Waals surface area contributed by atoms with Gasteiger partial charge in [-0.1, -0.05) is 40.7 Å². The normalized spacial score (nSPS) is 10.9. The van der Waals surface area contributed by atoms with E-state index in [4.69, 9.17) is 25.3 Å². The first-order chi connectivity index (χ1) is 13.7. The molecule has 0 aliphatic rings. The number of benzene rings is 2. The maximum atomic E-state index is 5.90. The van der Waals surface area contributed by atoms with Crippen LogP contribution in [0.2, 0.25) is 5.02 Å². The topological polar surface area (TPSA) is 87.1 Å². The minimum absolute atomic E-state index is 0.402. The number of para-hydroxylation sites is 1. The van der Waals surface area contributed by atoms with Gasteiger partial charge >= 0.3 is 0 Å². The van der Waals surface area contributed by atoms with Crippen LogP contribution < -0.4 is 4.74 Å². The molecule has 0 aliphatic heterocycles. The van der Waals surface area contributed by atoms with Gasteiger partial charge in [-0.05, 0) is 43.3 Å². The van der Waals surface area contributed by atoms with Crippen molar-refractivity contribution in [2.45, 2.75) is 17.9 Å². The van der Waals surface area contributed by atoms with Crippen LogP contribution in [0.1, 0.15) is 12.8 Å². The first-order valence-electron chi connectivity index (χ1n) is 8.50. The van der Waals surface area contributed by atoms with Gasteiger partial charge in [-0.2, -0.15) is 4.98 Å². The molecule has 0 bridgehead atoms. The Morgan fingerprint density at radius 1 is 1.07 bits per heavy atom. The summed E-state index contributed by atoms with van der Waals surface area (Å²) < 4.78 is 16.6. The number of ether oxygens (including phenoxy) is 1. The summed E-state index contributed by atoms with van der Waals surface area (Å²) in [5, 5.41) is 13.2. The molecule has 2 aromatic heterocycles. The predicted molar refractivity (Wildman–Crippen MR) is 105 cm³/mol. The molecule has 2 aromatic carbocycles. The van der Waals surface area contributed by atoms with Gasteiger partial charge in [-0.3, -0.25) is 0 Å². The van der Waals surface area contributed by atoms with Crippen LogP contribution in [-0.2, 0) is 5.75 Å². The van der Waals surface area contributed by atoms with Crippen molar-refractivity contribution in [1.29, 1.82) is 0 Å². The van der Waals surface area contributed by atoms with Crippen molar-refractivity contribution in [2.24, 2.45) is 0 Å². The fourth-order valence-corrected chi connectivity index (χ4v) is 3.18. The molecule has 0 fully saturated rings. The zero-order chi connectivity index (χ0) is 19.3. The predicted octanol–water partition coefficient (Wildman–Crippen LogP) is 5.13. The largest absolute Gasteiger partial charge is 0.493 e. The Kier molecular flexibility index (Phi) is 5.59. The number of rotatable bonds is 7. The van der Waals surface area contributed by atoms with Crippen molar-refractivity contribution in [3.8, 4) is 28.6 Å². The summed E-state index contributed by atoms with van der Waals surface area (Å²) in [5.41, 5.74) is 1.59. The molecule has 2 heterocycles. The highest BCUT2D eigenvalue weighted by Gasteiger charge is 2.15. The highest BCUT2D eigenvalue weighted by molar-refractivity contribution is 7.98. The van der Waals surface area contributed by atoms with Crippen molar-refractivity contribution in [2.75, 3.05) is 6.61 Å². The Balaban J connectivity index is 1.44. The van der Waals surface area contributed by atoms with E-state index in [2.05, 4.69) is 20.3 Å². The van der Waals surface area contributed by atoms with Gasteiger partial charge in [0.1, 0.15) is 5.75 Å². The van der Waals surface area contributed by atoms with Crippen molar-refractivity contribution in [1.82, 2.24) is 20.3 Å². The summed E-state index contributed by atoms with van der Waals surface area (Å²) >= 11 is 7.22. The number of hydrogen-bond donors (Lipinski definition) is 0. The van der Waals surface area contributed by atoms with Crippen molar-refractivity contribution in [3.63, 3.8) is 0 Å². The zero-order valence-corrected chi connectivity index (χ0v) is 16.4. The molecule has 142 valence electrons. The molecule has 0 amide bonds. The molecule has 0 spiro atoms. The van der Waals surface area contributed by atoms with Crippen LogP contribution in [0, 0.1) is 0 Å². The molecular formula is C19H15ClN4O3S. The van der Waals surface area contributed by atoms with Crippen molar-refractivity contribution < 1.29 is 13.7 Å². The molecule has 4 rings (SSSR count). The molecule has 0 N–H and O–H groups in total. The van der Waals surface area contributed by atoms with E-state index in [9.17, 15) is 0 Å². The van der Waals surface area contributed by atoms with Gasteiger partial charge in [0.2, 0.25) is 11.7 Å². The van der Waals surface area contributed by atoms with E-state index in [0.717, 1.165) is 11.1 Å². The first-order valence-corrected chi connectivity index (χ1v) is 9.86. The van der Waals surface area contributed by atoms with Gasteiger partial charge < -0.3 is 13.7 Å². The minimum atomic E-state index is 0.402. The summed E-state index contributed by atoms with van der Waals surface area (Å²) in [6.07, 6.45) is 0. The van der Waals surface area contributed by atoms with Gasteiger partial charge in [0.05, 0.1) is 17.9 Å². The number of aromatic nitrogens is 4. The summed E-state index contributed by atoms with van der Waals surface area (Å²) in [6.45, 7) is 2.48. The maximum Gasteiger partial charge on any atom is 0.277 e. The second-order valence-electron chi connectivity index (χ2n) is 5.61. The Labute approximate surface area is 170 Å². The van der Waals surface area contributed by atoms with Crippen LogP contribution in [0.4, 0.5) is 0 Å². The van der Waals surface area contributed by atoms with E-state index in [-0.39, 0.29) is 0 Å². The lowest BCUT2D eigenvalue weighted by atomic mass is 10.2. The number of nitrogens with zero attached hydrogens (tertiary/aromatic N) is 4. The van der Waals surface area contributed by atoms with Crippen LogP contribution in [0.3, 0.4) is 0 Å². The highest BCUT2D eigenvalue weighted by atomic mass is 35.5. The summed E-state index contributed by atoms with van der Waals surface area (Å²) in [4.78, 5) is 4.38. The van der Waals surface area contributed by atoms with Crippen molar-refractivity contribution >= 4 is 23.4 Å². The summed E-state index contributed by atoms with van der Waals surface area (Å²) in [5.74, 6) is 2.48. The highest BCUT2D eigenvalue weighted by Crippen LogP contribution is 2.31. The quantitative estimate of drug-likeness (QED) is 0.384. The van der Waals surface area contributed by atoms with Gasteiger partial charge in [0, 0.05) is 10.6 Å². The first kappa shape index (κ1) is 18.5. The third kappa shape index (κ3) is 4.18. The Morgan fingerprint density at radius 2 is 1.89 bits per heavy atom. The van der Waals surface area contributed by atoms with Crippen LogP contribution in [-0.4, -0.2) is 26.9 Å². The molecule has 0 unspecified atom stereocenters. The molecule has 28 heavy (non-hydrogen) atoms. The molecule has 4 aromatic rings. The fraction of sp³-hybridized carbons (Fsp3) is 0.158. The molecule has 0 radical (unpaired) electrons. The third-order valence-electron chi connectivity index (χ3n) is 3.71. The van der Waals surface area contributed by atoms with Crippen molar-refractivity contribution in [3.05, 3.63) is 59.4 Å². The van der Waals surface area contributed by atoms with E-state index in [1.807, 2.05) is 43.3 Å². The van der Waals surface area contributed by atoms with E-state index >= 15 is 0 Å². The molecule has 9 heteroatoms. The number of halogens is 1. The minimum Gasteiger partial charge on any atom is -0.493 e. The number of hydrogen-bond acceptors (Lipinski definition) is 8. The van der Waals surface area contributed by atoms with Crippen LogP contribution in [0.15, 0.2) is 62.7 Å². The van der Waals surface area contributed by atoms with Crippen LogP contribution in [0.5, 0.6) is 5.75 Å². The Morgan fingerprint density at radius 3 is 2.71 bits per heavy atom. The molecule has 0 aliphatic carbocycles. The average Bonchev–Trinajstić information content (AvgIpc) is 3.37. The van der Waals surface area contributed by atoms with E-state index in [1.54, 1.807) is 12.1 Å². The van der Waals surface area contributed by atoms with Crippen LogP contribution in [0.25, 0.3) is 22.8 Å². The molecule has 0 atom stereocenters. The number of thioether (sulfide) groups is 1. The second-order valence-corrected chi connectivity index (χ2v) is 6.97. The smallest absolute Gasteiger partial charge is 0.277 e. The summed E-state index contributed by atoms with van der Waals surface area (Å²) in [7, 11) is 0. The molecule has 0 saturated heterocycles. The lowest BCUT2D eigenvalue weighted by molar-refractivity contribution is 0.340. The lowest BCUT2D eigenvalue weighted by Crippen LogP contribution is -1.93. The second kappa shape index (κ2) is 8.45. The van der Waals surface area contributed by atoms with Gasteiger partial charge in [-0.25, -0.2) is 0 Å². The molecular weight excluding hydrogens is 400 g/mol. The van der Waals surface area contributed by atoms with Gasteiger partial charge in [-0.15, -0.1) is 10.2 Å². The van der Waals surface area contributed by atoms with E-state index in [0.29, 0.717) is 46.0 Å². The van der Waals surface area contributed by atoms with Crippen LogP contribution >= 0.6 is 23.4 Å². The summed E-state index contributed by atoms with van der Waals surface area (Å²) in [6, 6.07) is 14.8. The third-order valence-corrected chi connectivity index (χ3v) is 4.77. The van der Waals surface area contributed by atoms with Gasteiger partial charge in [0.15, 0.2) is 0 Å². The molecule has 7 nitrogen and oxygen atoms in total. The zero-order valence-electron chi connectivity index (χ0n) is 14.8. The average molecular weight is 415 g/mol. The fourth-order valence-electron chi connectivity index (χ4n) is 2.45. The van der Waals surface area contributed by atoms with Gasteiger partial charge in [0.25, 0.3) is 11.1 Å². The standard InChI is InChI=1S/C19H15ClN4O3S/c1-2-25-15-6-4-3-5-14(15)18-22-23-19(26-18)28-11-16-21-17(24-27-16)12-7-9-13(20)10-8-12/h3-10H,2,11H2,1H3. The maximum absolute atomic E-state index is 5.90.